The third-order valence-corrected chi connectivity index (χ3v) is 3.79. The van der Waals surface area contributed by atoms with Crippen LogP contribution in [0.4, 0.5) is 0 Å². The van der Waals surface area contributed by atoms with Gasteiger partial charge in [-0.3, -0.25) is 0 Å². The summed E-state index contributed by atoms with van der Waals surface area (Å²) in [5, 5.41) is 4.62. The Bertz CT molecular complexity index is 387. The zero-order valence-electron chi connectivity index (χ0n) is 8.01. The second-order valence-electron chi connectivity index (χ2n) is 3.46. The molecule has 0 spiro atoms. The van der Waals surface area contributed by atoms with Gasteiger partial charge in [0.15, 0.2) is 0 Å². The van der Waals surface area contributed by atoms with Crippen LogP contribution in [0.1, 0.15) is 25.1 Å². The molecule has 0 amide bonds. The van der Waals surface area contributed by atoms with E-state index in [9.17, 15) is 0 Å². The van der Waals surface area contributed by atoms with Crippen molar-refractivity contribution in [3.8, 4) is 0 Å². The Labute approximate surface area is 81.1 Å². The summed E-state index contributed by atoms with van der Waals surface area (Å²) in [5.41, 5.74) is 0. The normalized spacial score (nSPS) is 11.5. The number of hydrogen-bond acceptors (Lipinski definition) is 0. The lowest BCUT2D eigenvalue weighted by Crippen LogP contribution is -1.78. The first-order valence-corrected chi connectivity index (χ1v) is 6.04. The van der Waals surface area contributed by atoms with Gasteiger partial charge < -0.3 is 0 Å². The number of aryl methyl sites for hydroxylation is 1. The van der Waals surface area contributed by atoms with Gasteiger partial charge in [-0.15, -0.1) is 8.19 Å². The van der Waals surface area contributed by atoms with E-state index >= 15 is 0 Å². The standard InChI is InChI=1S/C12H15P/c1-2-3-8-12-11-7-5-4-6-10(11)9-13-12/h4-7,9,13H,2-3,8H2,1H3. The second-order valence-corrected chi connectivity index (χ2v) is 4.64. The van der Waals surface area contributed by atoms with Gasteiger partial charge >= 0.3 is 0 Å². The number of benzene rings is 1. The molecule has 1 aromatic carbocycles. The third-order valence-electron chi connectivity index (χ3n) is 2.47. The maximum absolute atomic E-state index is 2.38. The molecule has 1 heteroatoms. The summed E-state index contributed by atoms with van der Waals surface area (Å²) >= 11 is 0. The molecule has 0 aliphatic heterocycles. The van der Waals surface area contributed by atoms with E-state index < -0.39 is 0 Å². The molecule has 1 heterocycles. The summed E-state index contributed by atoms with van der Waals surface area (Å²) in [6, 6.07) is 8.76. The monoisotopic (exact) mass is 190 g/mol. The Hall–Kier alpha value is -0.740. The molecule has 2 rings (SSSR count). The minimum absolute atomic E-state index is 0.939. The zero-order chi connectivity index (χ0) is 9.10. The zero-order valence-corrected chi connectivity index (χ0v) is 9.01. The van der Waals surface area contributed by atoms with E-state index in [-0.39, 0.29) is 0 Å². The Morgan fingerprint density at radius 1 is 1.23 bits per heavy atom. The summed E-state index contributed by atoms with van der Waals surface area (Å²) in [5.74, 6) is 2.38. The number of rotatable bonds is 3. The van der Waals surface area contributed by atoms with Gasteiger partial charge in [0.1, 0.15) is 0 Å². The molecule has 1 aromatic heterocycles. The van der Waals surface area contributed by atoms with Crippen LogP contribution in [-0.4, -0.2) is 0 Å². The lowest BCUT2D eigenvalue weighted by Gasteiger charge is -1.97. The Balaban J connectivity index is 2.35. The highest BCUT2D eigenvalue weighted by Gasteiger charge is 2.00. The van der Waals surface area contributed by atoms with E-state index in [2.05, 4.69) is 37.0 Å². The maximum atomic E-state index is 2.38. The molecule has 0 N–H and O–H groups in total. The average molecular weight is 190 g/mol. The predicted octanol–water partition coefficient (Wildman–Crippen LogP) is 4.21. The summed E-state index contributed by atoms with van der Waals surface area (Å²) in [6.45, 7) is 2.26. The van der Waals surface area contributed by atoms with E-state index in [1.54, 1.807) is 5.30 Å². The SMILES string of the molecule is CCCCc1[pH]cc2ccccc12. The van der Waals surface area contributed by atoms with Crippen molar-refractivity contribution in [3.63, 3.8) is 0 Å². The first-order chi connectivity index (χ1) is 6.42. The molecule has 0 aliphatic rings. The molecule has 0 fully saturated rings. The highest BCUT2D eigenvalue weighted by molar-refractivity contribution is 7.31. The van der Waals surface area contributed by atoms with Crippen molar-refractivity contribution in [2.24, 2.45) is 0 Å². The van der Waals surface area contributed by atoms with Gasteiger partial charge in [-0.05, 0) is 34.7 Å². The van der Waals surface area contributed by atoms with E-state index in [1.807, 2.05) is 0 Å². The van der Waals surface area contributed by atoms with Gasteiger partial charge in [-0.1, -0.05) is 37.6 Å². The van der Waals surface area contributed by atoms with Crippen LogP contribution in [-0.2, 0) is 6.42 Å². The molecule has 0 saturated heterocycles. The quantitative estimate of drug-likeness (QED) is 0.680. The summed E-state index contributed by atoms with van der Waals surface area (Å²) in [4.78, 5) is 0. The molecule has 2 aromatic rings. The molecule has 1 unspecified atom stereocenters. The van der Waals surface area contributed by atoms with Crippen molar-refractivity contribution in [1.29, 1.82) is 0 Å². The molecule has 0 saturated carbocycles. The van der Waals surface area contributed by atoms with Crippen LogP contribution in [0.15, 0.2) is 30.1 Å². The van der Waals surface area contributed by atoms with Crippen molar-refractivity contribution in [1.82, 2.24) is 0 Å². The molecule has 1 atom stereocenters. The molecular formula is C12H15P. The van der Waals surface area contributed by atoms with Crippen LogP contribution in [0, 0.1) is 0 Å². The van der Waals surface area contributed by atoms with Gasteiger partial charge in [0.25, 0.3) is 0 Å². The smallest absolute Gasteiger partial charge is 0.0112 e. The van der Waals surface area contributed by atoms with Crippen molar-refractivity contribution < 1.29 is 0 Å². The molecular weight excluding hydrogens is 175 g/mol. The fourth-order valence-corrected chi connectivity index (χ4v) is 2.99. The number of unbranched alkanes of at least 4 members (excludes halogenated alkanes) is 1. The van der Waals surface area contributed by atoms with Crippen LogP contribution in [0.3, 0.4) is 0 Å². The fourth-order valence-electron chi connectivity index (χ4n) is 1.70. The van der Waals surface area contributed by atoms with Crippen molar-refractivity contribution in [2.75, 3.05) is 0 Å². The average Bonchev–Trinajstić information content (AvgIpc) is 2.58. The highest BCUT2D eigenvalue weighted by atomic mass is 31.0. The van der Waals surface area contributed by atoms with Crippen LogP contribution in [0.2, 0.25) is 0 Å². The van der Waals surface area contributed by atoms with E-state index in [0.29, 0.717) is 0 Å². The minimum Gasteiger partial charge on any atom is -0.135 e. The largest absolute Gasteiger partial charge is 0.135 e. The molecule has 0 nitrogen and oxygen atoms in total. The Morgan fingerprint density at radius 3 is 2.92 bits per heavy atom. The number of hydrogen-bond donors (Lipinski definition) is 0. The van der Waals surface area contributed by atoms with Gasteiger partial charge in [0.2, 0.25) is 0 Å². The van der Waals surface area contributed by atoms with Crippen molar-refractivity contribution in [3.05, 3.63) is 35.4 Å². The summed E-state index contributed by atoms with van der Waals surface area (Å²) in [6.07, 6.45) is 3.93. The molecule has 0 bridgehead atoms. The number of fused-ring (bicyclic) bond motifs is 1. The Morgan fingerprint density at radius 2 is 2.08 bits per heavy atom. The van der Waals surface area contributed by atoms with Gasteiger partial charge in [0.05, 0.1) is 0 Å². The first-order valence-electron chi connectivity index (χ1n) is 4.97. The van der Waals surface area contributed by atoms with Gasteiger partial charge in [-0.25, -0.2) is 0 Å². The van der Waals surface area contributed by atoms with E-state index in [0.717, 1.165) is 8.19 Å². The fraction of sp³-hybridized carbons (Fsp3) is 0.333. The van der Waals surface area contributed by atoms with Crippen LogP contribution >= 0.6 is 8.19 Å². The topological polar surface area (TPSA) is 0 Å². The van der Waals surface area contributed by atoms with Gasteiger partial charge in [-0.2, -0.15) is 0 Å². The predicted molar refractivity (Wildman–Crippen MR) is 62.1 cm³/mol. The highest BCUT2D eigenvalue weighted by Crippen LogP contribution is 2.30. The lowest BCUT2D eigenvalue weighted by atomic mass is 10.1. The summed E-state index contributed by atoms with van der Waals surface area (Å²) in [7, 11) is 0.939. The molecule has 0 aliphatic carbocycles. The summed E-state index contributed by atoms with van der Waals surface area (Å²) < 4.78 is 0. The van der Waals surface area contributed by atoms with Crippen molar-refractivity contribution in [2.45, 2.75) is 26.2 Å². The Kier molecular flexibility index (Phi) is 2.71. The van der Waals surface area contributed by atoms with Crippen LogP contribution in [0.25, 0.3) is 10.8 Å². The maximum Gasteiger partial charge on any atom is -0.0112 e. The van der Waals surface area contributed by atoms with Crippen LogP contribution in [0.5, 0.6) is 0 Å². The first kappa shape index (κ1) is 8.84. The lowest BCUT2D eigenvalue weighted by molar-refractivity contribution is 0.807. The molecule has 0 radical (unpaired) electrons. The van der Waals surface area contributed by atoms with Crippen molar-refractivity contribution >= 4 is 19.0 Å². The van der Waals surface area contributed by atoms with Gasteiger partial charge in [0, 0.05) is 0 Å². The van der Waals surface area contributed by atoms with E-state index in [1.165, 1.54) is 30.0 Å². The van der Waals surface area contributed by atoms with E-state index in [4.69, 9.17) is 0 Å². The molecule has 13 heavy (non-hydrogen) atoms. The minimum atomic E-state index is 0.939. The second kappa shape index (κ2) is 3.98. The molecule has 68 valence electrons. The van der Waals surface area contributed by atoms with Crippen LogP contribution < -0.4 is 0 Å². The third kappa shape index (κ3) is 1.78.